The summed E-state index contributed by atoms with van der Waals surface area (Å²) >= 11 is 0. The Kier molecular flexibility index (Phi) is 4.09. The number of hydrogen-bond acceptors (Lipinski definition) is 3. The molecule has 1 aromatic carbocycles. The van der Waals surface area contributed by atoms with Gasteiger partial charge in [-0.3, -0.25) is 4.40 Å². The molecular formula is C19H22N2O2. The van der Waals surface area contributed by atoms with Crippen molar-refractivity contribution in [3.05, 3.63) is 64.1 Å². The number of nitrogens with zero attached hydrogens (tertiary/aromatic N) is 2. The molecule has 0 aliphatic rings. The maximum absolute atomic E-state index is 9.57. The Bertz CT molecular complexity index is 845. The van der Waals surface area contributed by atoms with E-state index >= 15 is 0 Å². The summed E-state index contributed by atoms with van der Waals surface area (Å²) < 4.78 is 8.02. The molecule has 1 N–H and O–H groups in total. The van der Waals surface area contributed by atoms with Crippen molar-refractivity contribution in [2.75, 3.05) is 0 Å². The third kappa shape index (κ3) is 2.82. The van der Waals surface area contributed by atoms with E-state index in [-0.39, 0.29) is 6.61 Å². The second-order valence-corrected chi connectivity index (χ2v) is 6.04. The van der Waals surface area contributed by atoms with E-state index in [1.54, 1.807) is 0 Å². The topological polar surface area (TPSA) is 46.8 Å². The Morgan fingerprint density at radius 2 is 1.83 bits per heavy atom. The van der Waals surface area contributed by atoms with Crippen LogP contribution in [0.25, 0.3) is 5.65 Å². The maximum atomic E-state index is 9.57. The van der Waals surface area contributed by atoms with Gasteiger partial charge >= 0.3 is 0 Å². The largest absolute Gasteiger partial charge is 0.485 e. The van der Waals surface area contributed by atoms with E-state index in [1.165, 1.54) is 16.7 Å². The Hall–Kier alpha value is -2.33. The number of aliphatic hydroxyl groups excluding tert-OH is 1. The summed E-state index contributed by atoms with van der Waals surface area (Å²) in [6, 6.07) is 8.25. The number of pyridine rings is 1. The second-order valence-electron chi connectivity index (χ2n) is 6.04. The molecule has 0 aliphatic carbocycles. The zero-order valence-corrected chi connectivity index (χ0v) is 14.1. The van der Waals surface area contributed by atoms with Gasteiger partial charge in [-0.15, -0.1) is 0 Å². The quantitative estimate of drug-likeness (QED) is 0.800. The van der Waals surface area contributed by atoms with E-state index in [0.29, 0.717) is 6.61 Å². The van der Waals surface area contributed by atoms with Crippen LogP contribution in [0.1, 0.15) is 33.6 Å². The minimum Gasteiger partial charge on any atom is -0.485 e. The Balaban J connectivity index is 2.00. The van der Waals surface area contributed by atoms with E-state index in [9.17, 15) is 5.11 Å². The number of hydrogen-bond donors (Lipinski definition) is 1. The van der Waals surface area contributed by atoms with Gasteiger partial charge in [-0.1, -0.05) is 18.2 Å². The number of ether oxygens (including phenoxy) is 1. The van der Waals surface area contributed by atoms with Gasteiger partial charge in [-0.25, -0.2) is 4.98 Å². The normalized spacial score (nSPS) is 11.2. The summed E-state index contributed by atoms with van der Waals surface area (Å²) in [4.78, 5) is 4.56. The lowest BCUT2D eigenvalue weighted by molar-refractivity contribution is 0.274. The lowest BCUT2D eigenvalue weighted by atomic mass is 10.0. The molecule has 0 bridgehead atoms. The van der Waals surface area contributed by atoms with Gasteiger partial charge in [0, 0.05) is 6.20 Å². The lowest BCUT2D eigenvalue weighted by Gasteiger charge is -2.13. The number of rotatable bonds is 4. The number of aryl methyl sites for hydroxylation is 4. The molecule has 0 saturated heterocycles. The maximum Gasteiger partial charge on any atom is 0.180 e. The first kappa shape index (κ1) is 15.6. The van der Waals surface area contributed by atoms with Gasteiger partial charge in [0.1, 0.15) is 6.61 Å². The molecule has 3 rings (SSSR count). The minimum absolute atomic E-state index is 0.0349. The highest BCUT2D eigenvalue weighted by atomic mass is 16.5. The molecule has 0 fully saturated rings. The molecule has 4 nitrogen and oxygen atoms in total. The molecule has 0 atom stereocenters. The van der Waals surface area contributed by atoms with Gasteiger partial charge in [-0.05, 0) is 56.0 Å². The summed E-state index contributed by atoms with van der Waals surface area (Å²) in [6.07, 6.45) is 1.98. The van der Waals surface area contributed by atoms with Crippen LogP contribution in [0.3, 0.4) is 0 Å². The molecule has 2 aromatic heterocycles. The molecule has 0 radical (unpaired) electrons. The lowest BCUT2D eigenvalue weighted by Crippen LogP contribution is -2.03. The van der Waals surface area contributed by atoms with Crippen LogP contribution >= 0.6 is 0 Å². The zero-order chi connectivity index (χ0) is 16.6. The molecule has 4 heteroatoms. The smallest absolute Gasteiger partial charge is 0.180 e. The number of aliphatic hydroxyl groups is 1. The van der Waals surface area contributed by atoms with Gasteiger partial charge in [0.25, 0.3) is 0 Å². The highest BCUT2D eigenvalue weighted by Crippen LogP contribution is 2.26. The highest BCUT2D eigenvalue weighted by Gasteiger charge is 2.13. The highest BCUT2D eigenvalue weighted by molar-refractivity contribution is 5.57. The number of aromatic nitrogens is 2. The van der Waals surface area contributed by atoms with Crippen molar-refractivity contribution < 1.29 is 9.84 Å². The number of benzene rings is 1. The van der Waals surface area contributed by atoms with Gasteiger partial charge in [0.2, 0.25) is 0 Å². The molecule has 0 saturated carbocycles. The monoisotopic (exact) mass is 310 g/mol. The van der Waals surface area contributed by atoms with Crippen LogP contribution < -0.4 is 4.74 Å². The van der Waals surface area contributed by atoms with Crippen LogP contribution in [-0.4, -0.2) is 14.5 Å². The van der Waals surface area contributed by atoms with E-state index in [0.717, 1.165) is 28.3 Å². The third-order valence-electron chi connectivity index (χ3n) is 4.29. The average molecular weight is 310 g/mol. The minimum atomic E-state index is -0.0349. The number of fused-ring (bicyclic) bond motifs is 1. The predicted molar refractivity (Wildman–Crippen MR) is 90.8 cm³/mol. The standard InChI is InChI=1S/C19H22N2O2/c1-12-8-18(19-20-15(4)17(10-22)21(19)9-12)23-11-16-13(2)6-5-7-14(16)3/h5-9,22H,10-11H2,1-4H3. The first-order valence-corrected chi connectivity index (χ1v) is 7.78. The van der Waals surface area contributed by atoms with Gasteiger partial charge in [0.05, 0.1) is 18.0 Å². The van der Waals surface area contributed by atoms with Crippen molar-refractivity contribution in [2.24, 2.45) is 0 Å². The first-order chi connectivity index (χ1) is 11.0. The molecule has 23 heavy (non-hydrogen) atoms. The van der Waals surface area contributed by atoms with Crippen molar-refractivity contribution in [2.45, 2.75) is 40.9 Å². The van der Waals surface area contributed by atoms with E-state index in [4.69, 9.17) is 4.74 Å². The Morgan fingerprint density at radius 3 is 2.48 bits per heavy atom. The van der Waals surface area contributed by atoms with Crippen LogP contribution in [-0.2, 0) is 13.2 Å². The molecule has 0 unspecified atom stereocenters. The van der Waals surface area contributed by atoms with Crippen molar-refractivity contribution in [1.29, 1.82) is 0 Å². The fourth-order valence-corrected chi connectivity index (χ4v) is 2.93. The van der Waals surface area contributed by atoms with Crippen molar-refractivity contribution in [3.8, 4) is 5.75 Å². The molecule has 0 spiro atoms. The fraction of sp³-hybridized carbons (Fsp3) is 0.316. The Morgan fingerprint density at radius 1 is 1.13 bits per heavy atom. The first-order valence-electron chi connectivity index (χ1n) is 7.78. The van der Waals surface area contributed by atoms with Gasteiger partial charge in [-0.2, -0.15) is 0 Å². The van der Waals surface area contributed by atoms with Crippen molar-refractivity contribution in [1.82, 2.24) is 9.38 Å². The fourth-order valence-electron chi connectivity index (χ4n) is 2.93. The van der Waals surface area contributed by atoms with E-state index in [2.05, 4.69) is 37.0 Å². The Labute approximate surface area is 136 Å². The molecule has 2 heterocycles. The average Bonchev–Trinajstić information content (AvgIpc) is 2.82. The molecule has 120 valence electrons. The van der Waals surface area contributed by atoms with Crippen LogP contribution in [0, 0.1) is 27.7 Å². The second kappa shape index (κ2) is 6.05. The van der Waals surface area contributed by atoms with E-state index < -0.39 is 0 Å². The summed E-state index contributed by atoms with van der Waals surface area (Å²) in [5.41, 5.74) is 7.12. The molecule has 0 amide bonds. The summed E-state index contributed by atoms with van der Waals surface area (Å²) in [7, 11) is 0. The van der Waals surface area contributed by atoms with Crippen LogP contribution in [0.4, 0.5) is 0 Å². The van der Waals surface area contributed by atoms with Gasteiger partial charge in [0.15, 0.2) is 11.4 Å². The molecule has 0 aliphatic heterocycles. The zero-order valence-electron chi connectivity index (χ0n) is 14.1. The van der Waals surface area contributed by atoms with Crippen molar-refractivity contribution in [3.63, 3.8) is 0 Å². The van der Waals surface area contributed by atoms with Crippen LogP contribution in [0.2, 0.25) is 0 Å². The van der Waals surface area contributed by atoms with Crippen LogP contribution in [0.5, 0.6) is 5.75 Å². The SMILES string of the molecule is Cc1cc(OCc2c(C)cccc2C)c2nc(C)c(CO)n2c1. The number of imidazole rings is 1. The third-order valence-corrected chi connectivity index (χ3v) is 4.29. The van der Waals surface area contributed by atoms with Crippen molar-refractivity contribution >= 4 is 5.65 Å². The van der Waals surface area contributed by atoms with E-state index in [1.807, 2.05) is 30.5 Å². The summed E-state index contributed by atoms with van der Waals surface area (Å²) in [6.45, 7) is 8.60. The van der Waals surface area contributed by atoms with Gasteiger partial charge < -0.3 is 9.84 Å². The van der Waals surface area contributed by atoms with Crippen LogP contribution in [0.15, 0.2) is 30.5 Å². The molecular weight excluding hydrogens is 288 g/mol. The summed E-state index contributed by atoms with van der Waals surface area (Å²) in [5, 5.41) is 9.57. The molecule has 3 aromatic rings. The summed E-state index contributed by atoms with van der Waals surface area (Å²) in [5.74, 6) is 0.746. The predicted octanol–water partition coefficient (Wildman–Crippen LogP) is 3.64.